The van der Waals surface area contributed by atoms with Crippen LogP contribution in [0.5, 0.6) is 0 Å². The molecule has 1 aromatic rings. The van der Waals surface area contributed by atoms with Crippen LogP contribution in [0, 0.1) is 0 Å². The lowest BCUT2D eigenvalue weighted by atomic mass is 10.2. The Morgan fingerprint density at radius 1 is 1.47 bits per heavy atom. The van der Waals surface area contributed by atoms with E-state index in [4.69, 9.17) is 4.74 Å². The third-order valence-corrected chi connectivity index (χ3v) is 4.21. The molecular formula is C12H21N3OS. The summed E-state index contributed by atoms with van der Waals surface area (Å²) in [5.41, 5.74) is 1.05. The number of ether oxygens (including phenoxy) is 1. The molecule has 1 aromatic heterocycles. The van der Waals surface area contributed by atoms with Gasteiger partial charge >= 0.3 is 0 Å². The van der Waals surface area contributed by atoms with E-state index in [0.29, 0.717) is 12.6 Å². The van der Waals surface area contributed by atoms with Crippen molar-refractivity contribution in [3.05, 3.63) is 16.1 Å². The Balaban J connectivity index is 2.11. The van der Waals surface area contributed by atoms with Crippen molar-refractivity contribution in [3.8, 4) is 0 Å². The average Bonchev–Trinajstić information content (AvgIpc) is 2.67. The van der Waals surface area contributed by atoms with Gasteiger partial charge in [-0.2, -0.15) is 0 Å². The summed E-state index contributed by atoms with van der Waals surface area (Å²) in [6.07, 6.45) is 1.24. The van der Waals surface area contributed by atoms with Crippen LogP contribution >= 0.6 is 11.3 Å². The molecule has 1 atom stereocenters. The van der Waals surface area contributed by atoms with Crippen molar-refractivity contribution in [2.75, 3.05) is 40.8 Å². The minimum absolute atomic E-state index is 0.429. The second-order valence-corrected chi connectivity index (χ2v) is 5.61. The van der Waals surface area contributed by atoms with E-state index < -0.39 is 0 Å². The number of methoxy groups -OCH3 is 1. The predicted octanol–water partition coefficient (Wildman–Crippen LogP) is 1.60. The molecule has 96 valence electrons. The van der Waals surface area contributed by atoms with Crippen LogP contribution in [0.15, 0.2) is 5.38 Å². The van der Waals surface area contributed by atoms with E-state index in [1.165, 1.54) is 18.0 Å². The van der Waals surface area contributed by atoms with Gasteiger partial charge in [0.25, 0.3) is 0 Å². The van der Waals surface area contributed by atoms with Crippen molar-refractivity contribution >= 4 is 11.3 Å². The Morgan fingerprint density at radius 2 is 2.29 bits per heavy atom. The number of nitrogens with zero attached hydrogens (tertiary/aromatic N) is 3. The number of likely N-dealkylation sites (N-methyl/N-ethyl adjacent to an activating group) is 2. The minimum Gasteiger partial charge on any atom is -0.378 e. The molecule has 5 heteroatoms. The predicted molar refractivity (Wildman–Crippen MR) is 70.3 cm³/mol. The van der Waals surface area contributed by atoms with Gasteiger partial charge in [-0.05, 0) is 33.6 Å². The summed E-state index contributed by atoms with van der Waals surface area (Å²) in [5, 5.41) is 3.32. The van der Waals surface area contributed by atoms with E-state index in [2.05, 4.69) is 34.3 Å². The monoisotopic (exact) mass is 255 g/mol. The lowest BCUT2D eigenvalue weighted by molar-refractivity contribution is 0.181. The van der Waals surface area contributed by atoms with Crippen molar-refractivity contribution < 1.29 is 4.74 Å². The van der Waals surface area contributed by atoms with E-state index in [1.807, 2.05) is 0 Å². The van der Waals surface area contributed by atoms with Gasteiger partial charge in [0.15, 0.2) is 0 Å². The van der Waals surface area contributed by atoms with Crippen LogP contribution < -0.4 is 0 Å². The van der Waals surface area contributed by atoms with E-state index in [9.17, 15) is 0 Å². The van der Waals surface area contributed by atoms with E-state index in [-0.39, 0.29) is 0 Å². The first kappa shape index (κ1) is 13.0. The maximum Gasteiger partial charge on any atom is 0.111 e. The van der Waals surface area contributed by atoms with Gasteiger partial charge in [-0.3, -0.25) is 4.90 Å². The van der Waals surface area contributed by atoms with Crippen LogP contribution in [0.4, 0.5) is 0 Å². The van der Waals surface area contributed by atoms with Crippen LogP contribution in [-0.2, 0) is 11.3 Å². The van der Waals surface area contributed by atoms with Crippen molar-refractivity contribution in [2.45, 2.75) is 19.1 Å². The highest BCUT2D eigenvalue weighted by Crippen LogP contribution is 2.26. The SMILES string of the molecule is COCc1csc(C2CN(C)CCCN2C)n1. The van der Waals surface area contributed by atoms with Crippen LogP contribution in [0.25, 0.3) is 0 Å². The van der Waals surface area contributed by atoms with Crippen LogP contribution in [0.2, 0.25) is 0 Å². The molecule has 0 aromatic carbocycles. The zero-order valence-electron chi connectivity index (χ0n) is 10.8. The Labute approximate surface area is 107 Å². The Morgan fingerprint density at radius 3 is 3.06 bits per heavy atom. The second-order valence-electron chi connectivity index (χ2n) is 4.72. The molecule has 1 aliphatic rings. The summed E-state index contributed by atoms with van der Waals surface area (Å²) in [4.78, 5) is 9.49. The molecular weight excluding hydrogens is 234 g/mol. The molecule has 1 saturated heterocycles. The summed E-state index contributed by atoms with van der Waals surface area (Å²) < 4.78 is 5.12. The molecule has 1 unspecified atom stereocenters. The first-order valence-electron chi connectivity index (χ1n) is 6.02. The zero-order valence-corrected chi connectivity index (χ0v) is 11.7. The van der Waals surface area contributed by atoms with Crippen molar-refractivity contribution in [3.63, 3.8) is 0 Å². The molecule has 4 nitrogen and oxygen atoms in total. The standard InChI is InChI=1S/C12H21N3OS/c1-14-5-4-6-15(2)11(7-14)12-13-10(8-16-3)9-17-12/h9,11H,4-8H2,1-3H3. The molecule has 17 heavy (non-hydrogen) atoms. The number of rotatable bonds is 3. The molecule has 2 heterocycles. The fourth-order valence-corrected chi connectivity index (χ4v) is 3.19. The maximum atomic E-state index is 5.12. The third kappa shape index (κ3) is 3.25. The van der Waals surface area contributed by atoms with Gasteiger partial charge in [0.1, 0.15) is 5.01 Å². The first-order chi connectivity index (χ1) is 8.20. The Bertz CT molecular complexity index is 355. The highest BCUT2D eigenvalue weighted by atomic mass is 32.1. The number of aromatic nitrogens is 1. The lowest BCUT2D eigenvalue weighted by Crippen LogP contribution is -2.30. The highest BCUT2D eigenvalue weighted by molar-refractivity contribution is 7.09. The molecule has 0 bridgehead atoms. The lowest BCUT2D eigenvalue weighted by Gasteiger charge is -2.25. The number of thiazole rings is 1. The third-order valence-electron chi connectivity index (χ3n) is 3.21. The fraction of sp³-hybridized carbons (Fsp3) is 0.750. The van der Waals surface area contributed by atoms with Gasteiger partial charge in [-0.1, -0.05) is 0 Å². The zero-order chi connectivity index (χ0) is 12.3. The van der Waals surface area contributed by atoms with Crippen LogP contribution in [0.1, 0.15) is 23.2 Å². The van der Waals surface area contributed by atoms with Crippen molar-refractivity contribution in [1.29, 1.82) is 0 Å². The molecule has 0 amide bonds. The molecule has 0 N–H and O–H groups in total. The average molecular weight is 255 g/mol. The van der Waals surface area contributed by atoms with Gasteiger partial charge in [0.2, 0.25) is 0 Å². The maximum absolute atomic E-state index is 5.12. The Kier molecular flexibility index (Phi) is 4.50. The summed E-state index contributed by atoms with van der Waals surface area (Å²) in [7, 11) is 6.10. The van der Waals surface area contributed by atoms with Crippen molar-refractivity contribution in [2.24, 2.45) is 0 Å². The minimum atomic E-state index is 0.429. The summed E-state index contributed by atoms with van der Waals surface area (Å²) >= 11 is 1.75. The van der Waals surface area contributed by atoms with E-state index in [1.54, 1.807) is 18.4 Å². The van der Waals surface area contributed by atoms with Gasteiger partial charge in [0.05, 0.1) is 18.3 Å². The Hall–Kier alpha value is -0.490. The second kappa shape index (κ2) is 5.91. The fourth-order valence-electron chi connectivity index (χ4n) is 2.23. The molecule has 1 aliphatic heterocycles. The molecule has 0 spiro atoms. The van der Waals surface area contributed by atoms with Gasteiger partial charge in [-0.15, -0.1) is 11.3 Å². The summed E-state index contributed by atoms with van der Waals surface area (Å²) in [6, 6.07) is 0.429. The summed E-state index contributed by atoms with van der Waals surface area (Å²) in [6.45, 7) is 4.00. The van der Waals surface area contributed by atoms with Gasteiger partial charge in [-0.25, -0.2) is 4.98 Å². The first-order valence-corrected chi connectivity index (χ1v) is 6.90. The van der Waals surface area contributed by atoms with Gasteiger partial charge < -0.3 is 9.64 Å². The smallest absolute Gasteiger partial charge is 0.111 e. The quantitative estimate of drug-likeness (QED) is 0.820. The topological polar surface area (TPSA) is 28.6 Å². The molecule has 2 rings (SSSR count). The normalized spacial score (nSPS) is 23.8. The number of hydrogen-bond acceptors (Lipinski definition) is 5. The molecule has 0 aliphatic carbocycles. The van der Waals surface area contributed by atoms with E-state index in [0.717, 1.165) is 18.8 Å². The van der Waals surface area contributed by atoms with Crippen LogP contribution in [-0.4, -0.2) is 55.6 Å². The molecule has 1 fully saturated rings. The van der Waals surface area contributed by atoms with Crippen molar-refractivity contribution in [1.82, 2.24) is 14.8 Å². The van der Waals surface area contributed by atoms with Crippen LogP contribution in [0.3, 0.4) is 0 Å². The van der Waals surface area contributed by atoms with E-state index >= 15 is 0 Å². The van der Waals surface area contributed by atoms with Gasteiger partial charge in [0, 0.05) is 19.0 Å². The number of hydrogen-bond donors (Lipinski definition) is 0. The summed E-state index contributed by atoms with van der Waals surface area (Å²) in [5.74, 6) is 0. The molecule has 0 radical (unpaired) electrons. The highest BCUT2D eigenvalue weighted by Gasteiger charge is 2.24. The largest absolute Gasteiger partial charge is 0.378 e. The molecule has 0 saturated carbocycles.